The van der Waals surface area contributed by atoms with Crippen molar-refractivity contribution < 1.29 is 24.2 Å². The van der Waals surface area contributed by atoms with Crippen LogP contribution < -0.4 is 5.32 Å². The van der Waals surface area contributed by atoms with Crippen molar-refractivity contribution in [1.82, 2.24) is 5.32 Å². The molecular weight excluding hydrogens is 238 g/mol. The highest BCUT2D eigenvalue weighted by Gasteiger charge is 2.19. The summed E-state index contributed by atoms with van der Waals surface area (Å²) in [5, 5.41) is 11.5. The van der Waals surface area contributed by atoms with E-state index in [9.17, 15) is 9.59 Å². The van der Waals surface area contributed by atoms with Crippen molar-refractivity contribution in [1.29, 1.82) is 0 Å². The maximum atomic E-state index is 11.5. The van der Waals surface area contributed by atoms with Gasteiger partial charge in [0.05, 0.1) is 6.10 Å². The molecule has 6 heteroatoms. The van der Waals surface area contributed by atoms with Crippen molar-refractivity contribution in [2.24, 2.45) is 0 Å². The summed E-state index contributed by atoms with van der Waals surface area (Å²) in [5.74, 6) is -1.28. The molecule has 0 spiro atoms. The number of carbonyl (C=O) groups excluding carboxylic acids is 1. The third kappa shape index (κ3) is 8.03. The second kappa shape index (κ2) is 9.85. The Labute approximate surface area is 108 Å². The maximum Gasteiger partial charge on any atom is 0.326 e. The molecule has 6 nitrogen and oxygen atoms in total. The highest BCUT2D eigenvalue weighted by Crippen LogP contribution is 2.03. The van der Waals surface area contributed by atoms with Gasteiger partial charge in [0, 0.05) is 27.2 Å². The van der Waals surface area contributed by atoms with Crippen LogP contribution in [0.4, 0.5) is 0 Å². The van der Waals surface area contributed by atoms with Crippen LogP contribution in [0.2, 0.25) is 0 Å². The van der Waals surface area contributed by atoms with Crippen LogP contribution in [-0.2, 0) is 19.1 Å². The molecule has 0 aliphatic heterocycles. The molecule has 0 saturated heterocycles. The molecule has 2 unspecified atom stereocenters. The summed E-state index contributed by atoms with van der Waals surface area (Å²) in [6.45, 7) is 2.35. The third-order valence-electron chi connectivity index (χ3n) is 2.65. The Bertz CT molecular complexity index is 257. The van der Waals surface area contributed by atoms with Crippen LogP contribution in [0.1, 0.15) is 32.6 Å². The first-order valence-corrected chi connectivity index (χ1v) is 6.05. The smallest absolute Gasteiger partial charge is 0.326 e. The minimum absolute atomic E-state index is 0.00693. The molecule has 0 heterocycles. The van der Waals surface area contributed by atoms with E-state index in [-0.39, 0.29) is 18.4 Å². The van der Waals surface area contributed by atoms with Gasteiger partial charge in [-0.05, 0) is 26.2 Å². The fourth-order valence-electron chi connectivity index (χ4n) is 1.41. The molecule has 2 atom stereocenters. The molecule has 0 fully saturated rings. The molecule has 0 saturated carbocycles. The van der Waals surface area contributed by atoms with Crippen LogP contribution in [0, 0.1) is 0 Å². The molecular formula is C12H23NO5. The number of rotatable bonds is 10. The summed E-state index contributed by atoms with van der Waals surface area (Å²) in [7, 11) is 3.13. The highest BCUT2D eigenvalue weighted by atomic mass is 16.5. The Morgan fingerprint density at radius 1 is 1.28 bits per heavy atom. The first kappa shape index (κ1) is 16.9. The molecule has 2 N–H and O–H groups in total. The number of carbonyl (C=O) groups is 2. The Kier molecular flexibility index (Phi) is 9.22. The maximum absolute atomic E-state index is 11.5. The second-order valence-corrected chi connectivity index (χ2v) is 4.18. The lowest BCUT2D eigenvalue weighted by molar-refractivity contribution is -0.142. The molecule has 0 bridgehead atoms. The summed E-state index contributed by atoms with van der Waals surface area (Å²) >= 11 is 0. The molecule has 1 amide bonds. The lowest BCUT2D eigenvalue weighted by Gasteiger charge is -2.15. The predicted molar refractivity (Wildman–Crippen MR) is 66.4 cm³/mol. The zero-order chi connectivity index (χ0) is 14.0. The lowest BCUT2D eigenvalue weighted by atomic mass is 10.1. The van der Waals surface area contributed by atoms with Crippen LogP contribution in [0.25, 0.3) is 0 Å². The van der Waals surface area contributed by atoms with E-state index < -0.39 is 12.0 Å². The van der Waals surface area contributed by atoms with Crippen LogP contribution in [0.3, 0.4) is 0 Å². The summed E-state index contributed by atoms with van der Waals surface area (Å²) in [4.78, 5) is 22.5. The highest BCUT2D eigenvalue weighted by molar-refractivity contribution is 5.83. The van der Waals surface area contributed by atoms with Gasteiger partial charge in [0.25, 0.3) is 0 Å². The Balaban J connectivity index is 3.99. The molecule has 0 aromatic carbocycles. The van der Waals surface area contributed by atoms with Crippen LogP contribution in [0.15, 0.2) is 0 Å². The van der Waals surface area contributed by atoms with Crippen molar-refractivity contribution in [2.75, 3.05) is 20.8 Å². The quantitative estimate of drug-likeness (QED) is 0.568. The normalized spacial score (nSPS) is 13.9. The van der Waals surface area contributed by atoms with Crippen molar-refractivity contribution in [3.05, 3.63) is 0 Å². The molecule has 0 aliphatic carbocycles. The molecule has 0 rings (SSSR count). The van der Waals surface area contributed by atoms with Crippen molar-refractivity contribution in [3.63, 3.8) is 0 Å². The van der Waals surface area contributed by atoms with E-state index in [0.29, 0.717) is 25.9 Å². The van der Waals surface area contributed by atoms with E-state index in [1.54, 1.807) is 14.2 Å². The Morgan fingerprint density at radius 3 is 2.44 bits per heavy atom. The predicted octanol–water partition coefficient (Wildman–Crippen LogP) is 0.798. The molecule has 106 valence electrons. The monoisotopic (exact) mass is 261 g/mol. The minimum atomic E-state index is -1.01. The van der Waals surface area contributed by atoms with E-state index >= 15 is 0 Å². The van der Waals surface area contributed by atoms with Crippen molar-refractivity contribution in [2.45, 2.75) is 44.8 Å². The summed E-state index contributed by atoms with van der Waals surface area (Å²) in [6.07, 6.45) is 1.81. The summed E-state index contributed by atoms with van der Waals surface area (Å²) in [5.41, 5.74) is 0. The fraction of sp³-hybridized carbons (Fsp3) is 0.833. The standard InChI is InChI=1S/C12H23NO5/c1-9(18-3)6-7-11(14)13-10(12(15)16)5-4-8-17-2/h9-10H,4-8H2,1-3H3,(H,13,14)(H,15,16). The van der Waals surface area contributed by atoms with Gasteiger partial charge in [0.1, 0.15) is 6.04 Å². The van der Waals surface area contributed by atoms with Gasteiger partial charge in [0.15, 0.2) is 0 Å². The van der Waals surface area contributed by atoms with Gasteiger partial charge in [-0.3, -0.25) is 4.79 Å². The van der Waals surface area contributed by atoms with Gasteiger partial charge in [-0.2, -0.15) is 0 Å². The first-order valence-electron chi connectivity index (χ1n) is 6.05. The van der Waals surface area contributed by atoms with Crippen LogP contribution in [-0.4, -0.2) is 50.0 Å². The van der Waals surface area contributed by atoms with Gasteiger partial charge in [0.2, 0.25) is 5.91 Å². The van der Waals surface area contributed by atoms with Crippen molar-refractivity contribution in [3.8, 4) is 0 Å². The number of amides is 1. The summed E-state index contributed by atoms with van der Waals surface area (Å²) < 4.78 is 9.87. The van der Waals surface area contributed by atoms with E-state index in [1.165, 1.54) is 0 Å². The number of ether oxygens (including phenoxy) is 2. The van der Waals surface area contributed by atoms with Gasteiger partial charge >= 0.3 is 5.97 Å². The van der Waals surface area contributed by atoms with E-state index in [0.717, 1.165) is 0 Å². The average Bonchev–Trinajstić information content (AvgIpc) is 2.34. The van der Waals surface area contributed by atoms with Gasteiger partial charge < -0.3 is 19.9 Å². The number of hydrogen-bond acceptors (Lipinski definition) is 4. The third-order valence-corrected chi connectivity index (χ3v) is 2.65. The zero-order valence-corrected chi connectivity index (χ0v) is 11.3. The van der Waals surface area contributed by atoms with Gasteiger partial charge in [-0.1, -0.05) is 0 Å². The SMILES string of the molecule is COCCCC(NC(=O)CCC(C)OC)C(=O)O. The first-order chi connectivity index (χ1) is 8.51. The number of nitrogens with one attached hydrogen (secondary N) is 1. The van der Waals surface area contributed by atoms with Crippen LogP contribution in [0.5, 0.6) is 0 Å². The molecule has 0 aromatic heterocycles. The van der Waals surface area contributed by atoms with E-state index in [4.69, 9.17) is 14.6 Å². The largest absolute Gasteiger partial charge is 0.480 e. The van der Waals surface area contributed by atoms with Gasteiger partial charge in [-0.25, -0.2) is 4.79 Å². The number of methoxy groups -OCH3 is 2. The minimum Gasteiger partial charge on any atom is -0.480 e. The van der Waals surface area contributed by atoms with Gasteiger partial charge in [-0.15, -0.1) is 0 Å². The molecule has 0 aromatic rings. The number of carboxylic acid groups (broad SMARTS) is 1. The van der Waals surface area contributed by atoms with E-state index in [2.05, 4.69) is 5.32 Å². The lowest BCUT2D eigenvalue weighted by Crippen LogP contribution is -2.41. The number of hydrogen-bond donors (Lipinski definition) is 2. The molecule has 0 aliphatic rings. The Hall–Kier alpha value is -1.14. The number of carboxylic acids is 1. The zero-order valence-electron chi connectivity index (χ0n) is 11.3. The molecule has 0 radical (unpaired) electrons. The number of aliphatic carboxylic acids is 1. The van der Waals surface area contributed by atoms with Crippen LogP contribution >= 0.6 is 0 Å². The molecule has 18 heavy (non-hydrogen) atoms. The average molecular weight is 261 g/mol. The summed E-state index contributed by atoms with van der Waals surface area (Å²) in [6, 6.07) is -0.842. The topological polar surface area (TPSA) is 84.9 Å². The fourth-order valence-corrected chi connectivity index (χ4v) is 1.41. The van der Waals surface area contributed by atoms with E-state index in [1.807, 2.05) is 6.92 Å². The Morgan fingerprint density at radius 2 is 1.94 bits per heavy atom. The van der Waals surface area contributed by atoms with Crippen molar-refractivity contribution >= 4 is 11.9 Å². The second-order valence-electron chi connectivity index (χ2n) is 4.18.